The van der Waals surface area contributed by atoms with Crippen LogP contribution in [0.1, 0.15) is 17.2 Å². The first-order chi connectivity index (χ1) is 7.65. The molecule has 0 bridgehead atoms. The molecule has 0 fully saturated rings. The Morgan fingerprint density at radius 1 is 1.38 bits per heavy atom. The van der Waals surface area contributed by atoms with Gasteiger partial charge in [-0.2, -0.15) is 0 Å². The molecule has 0 saturated heterocycles. The van der Waals surface area contributed by atoms with Crippen molar-refractivity contribution in [1.82, 2.24) is 4.98 Å². The minimum atomic E-state index is 0.566. The molecule has 0 unspecified atom stereocenters. The van der Waals surface area contributed by atoms with Crippen molar-refractivity contribution in [1.29, 1.82) is 0 Å². The molecular weight excluding hydrogens is 202 g/mol. The molecule has 0 radical (unpaired) electrons. The predicted molar refractivity (Wildman–Crippen MR) is 64.2 cm³/mol. The second-order valence-electron chi connectivity index (χ2n) is 3.79. The molecule has 4 heteroatoms. The van der Waals surface area contributed by atoms with Gasteiger partial charge in [-0.15, -0.1) is 0 Å². The molecule has 1 aromatic carbocycles. The minimum Gasteiger partial charge on any atom is -0.444 e. The first kappa shape index (κ1) is 10.5. The fraction of sp³-hybridized carbons (Fsp3) is 0.250. The van der Waals surface area contributed by atoms with Crippen molar-refractivity contribution in [3.63, 3.8) is 0 Å². The highest BCUT2D eigenvalue weighted by molar-refractivity contribution is 5.58. The van der Waals surface area contributed by atoms with Crippen molar-refractivity contribution in [3.8, 4) is 0 Å². The maximum Gasteiger partial charge on any atom is 0.213 e. The molecule has 16 heavy (non-hydrogen) atoms. The van der Waals surface area contributed by atoms with Gasteiger partial charge < -0.3 is 15.5 Å². The molecule has 0 amide bonds. The molecule has 2 aromatic rings. The van der Waals surface area contributed by atoms with E-state index >= 15 is 0 Å². The number of aryl methyl sites for hydroxylation is 2. The topological polar surface area (TPSA) is 64.1 Å². The third kappa shape index (κ3) is 2.34. The van der Waals surface area contributed by atoms with Crippen LogP contribution in [0.15, 0.2) is 28.8 Å². The summed E-state index contributed by atoms with van der Waals surface area (Å²) in [5.41, 5.74) is 8.65. The van der Waals surface area contributed by atoms with Gasteiger partial charge in [-0.1, -0.05) is 6.07 Å². The van der Waals surface area contributed by atoms with Gasteiger partial charge in [0.1, 0.15) is 5.76 Å². The molecule has 1 heterocycles. The highest BCUT2D eigenvalue weighted by Crippen LogP contribution is 2.17. The first-order valence-electron chi connectivity index (χ1n) is 5.16. The zero-order valence-corrected chi connectivity index (χ0v) is 9.45. The van der Waals surface area contributed by atoms with Crippen LogP contribution in [0, 0.1) is 13.8 Å². The molecule has 2 rings (SSSR count). The van der Waals surface area contributed by atoms with Crippen LogP contribution < -0.4 is 11.1 Å². The Kier molecular flexibility index (Phi) is 2.81. The number of hydrogen-bond donors (Lipinski definition) is 2. The lowest BCUT2D eigenvalue weighted by Crippen LogP contribution is -2.00. The summed E-state index contributed by atoms with van der Waals surface area (Å²) < 4.78 is 5.35. The number of nitrogens with two attached hydrogens (primary N) is 1. The van der Waals surface area contributed by atoms with Gasteiger partial charge in [0.2, 0.25) is 5.89 Å². The van der Waals surface area contributed by atoms with Gasteiger partial charge in [-0.25, -0.2) is 4.98 Å². The van der Waals surface area contributed by atoms with Crippen LogP contribution >= 0.6 is 0 Å². The molecule has 1 aromatic heterocycles. The Morgan fingerprint density at radius 2 is 2.19 bits per heavy atom. The number of nitrogens with zero attached hydrogens (tertiary/aromatic N) is 1. The van der Waals surface area contributed by atoms with Crippen molar-refractivity contribution < 1.29 is 4.42 Å². The summed E-state index contributed by atoms with van der Waals surface area (Å²) in [6, 6.07) is 5.88. The number of anilines is 2. The number of hydrogen-bond acceptors (Lipinski definition) is 4. The van der Waals surface area contributed by atoms with Gasteiger partial charge in [0.25, 0.3) is 0 Å². The molecule has 0 saturated carbocycles. The van der Waals surface area contributed by atoms with E-state index in [9.17, 15) is 0 Å². The third-order valence-corrected chi connectivity index (χ3v) is 2.39. The van der Waals surface area contributed by atoms with Crippen LogP contribution in [0.5, 0.6) is 0 Å². The van der Waals surface area contributed by atoms with Crippen molar-refractivity contribution in [2.75, 3.05) is 11.1 Å². The van der Waals surface area contributed by atoms with Crippen LogP contribution in [-0.2, 0) is 6.54 Å². The van der Waals surface area contributed by atoms with Crippen molar-refractivity contribution >= 4 is 11.4 Å². The van der Waals surface area contributed by atoms with Crippen LogP contribution in [0.25, 0.3) is 0 Å². The van der Waals surface area contributed by atoms with Crippen LogP contribution in [0.4, 0.5) is 11.4 Å². The largest absolute Gasteiger partial charge is 0.444 e. The van der Waals surface area contributed by atoms with Crippen molar-refractivity contribution in [2.24, 2.45) is 0 Å². The average molecular weight is 217 g/mol. The van der Waals surface area contributed by atoms with Gasteiger partial charge in [0, 0.05) is 11.4 Å². The third-order valence-electron chi connectivity index (χ3n) is 2.39. The predicted octanol–water partition coefficient (Wildman–Crippen LogP) is 2.49. The zero-order chi connectivity index (χ0) is 11.5. The summed E-state index contributed by atoms with van der Waals surface area (Å²) >= 11 is 0. The Hall–Kier alpha value is -1.97. The van der Waals surface area contributed by atoms with E-state index in [2.05, 4.69) is 10.3 Å². The van der Waals surface area contributed by atoms with Gasteiger partial charge in [0.15, 0.2) is 0 Å². The van der Waals surface area contributed by atoms with Gasteiger partial charge in [-0.3, -0.25) is 0 Å². The van der Waals surface area contributed by atoms with E-state index in [4.69, 9.17) is 10.2 Å². The van der Waals surface area contributed by atoms with Gasteiger partial charge in [0.05, 0.1) is 12.7 Å². The summed E-state index contributed by atoms with van der Waals surface area (Å²) in [4.78, 5) is 4.11. The molecule has 0 aliphatic rings. The molecule has 0 aliphatic carbocycles. The molecule has 3 N–H and O–H groups in total. The highest BCUT2D eigenvalue weighted by Gasteiger charge is 2.01. The Morgan fingerprint density at radius 3 is 2.81 bits per heavy atom. The van der Waals surface area contributed by atoms with Crippen molar-refractivity contribution in [3.05, 3.63) is 41.6 Å². The van der Waals surface area contributed by atoms with E-state index in [0.29, 0.717) is 12.4 Å². The Bertz CT molecular complexity index is 491. The molecule has 0 aliphatic heterocycles. The number of nitrogens with one attached hydrogen (secondary N) is 1. The fourth-order valence-corrected chi connectivity index (χ4v) is 1.41. The number of oxazole rings is 1. The Balaban J connectivity index is 2.02. The molecule has 0 atom stereocenters. The number of benzene rings is 1. The summed E-state index contributed by atoms with van der Waals surface area (Å²) in [5.74, 6) is 1.50. The first-order valence-corrected chi connectivity index (χ1v) is 5.16. The maximum absolute atomic E-state index is 5.81. The monoisotopic (exact) mass is 217 g/mol. The van der Waals surface area contributed by atoms with E-state index in [1.807, 2.05) is 32.0 Å². The summed E-state index contributed by atoms with van der Waals surface area (Å²) in [6.07, 6.45) is 1.71. The summed E-state index contributed by atoms with van der Waals surface area (Å²) in [6.45, 7) is 4.42. The van der Waals surface area contributed by atoms with Crippen molar-refractivity contribution in [2.45, 2.75) is 20.4 Å². The van der Waals surface area contributed by atoms with Gasteiger partial charge in [-0.05, 0) is 31.5 Å². The minimum absolute atomic E-state index is 0.566. The number of rotatable bonds is 3. The quantitative estimate of drug-likeness (QED) is 0.775. The van der Waals surface area contributed by atoms with E-state index in [0.717, 1.165) is 22.7 Å². The maximum atomic E-state index is 5.81. The Labute approximate surface area is 94.5 Å². The molecule has 84 valence electrons. The van der Waals surface area contributed by atoms with Crippen LogP contribution in [0.3, 0.4) is 0 Å². The van der Waals surface area contributed by atoms with Crippen LogP contribution in [-0.4, -0.2) is 4.98 Å². The van der Waals surface area contributed by atoms with Crippen LogP contribution in [0.2, 0.25) is 0 Å². The standard InChI is InChI=1S/C12H15N3O/c1-8-3-4-10(5-11(8)13)14-7-12-15-6-9(2)16-12/h3-6,14H,7,13H2,1-2H3. The van der Waals surface area contributed by atoms with Gasteiger partial charge >= 0.3 is 0 Å². The normalized spacial score (nSPS) is 10.4. The lowest BCUT2D eigenvalue weighted by Gasteiger charge is -2.06. The number of nitrogen functional groups attached to an aromatic ring is 1. The lowest BCUT2D eigenvalue weighted by molar-refractivity contribution is 0.479. The van der Waals surface area contributed by atoms with E-state index in [1.54, 1.807) is 6.20 Å². The average Bonchev–Trinajstić information content (AvgIpc) is 2.66. The highest BCUT2D eigenvalue weighted by atomic mass is 16.4. The fourth-order valence-electron chi connectivity index (χ4n) is 1.41. The lowest BCUT2D eigenvalue weighted by atomic mass is 10.2. The molecular formula is C12H15N3O. The summed E-state index contributed by atoms with van der Waals surface area (Å²) in [7, 11) is 0. The number of aromatic nitrogens is 1. The SMILES string of the molecule is Cc1cnc(CNc2ccc(C)c(N)c2)o1. The van der Waals surface area contributed by atoms with E-state index in [1.165, 1.54) is 0 Å². The zero-order valence-electron chi connectivity index (χ0n) is 9.45. The second-order valence-corrected chi connectivity index (χ2v) is 3.79. The molecule has 0 spiro atoms. The van der Waals surface area contributed by atoms with E-state index in [-0.39, 0.29) is 0 Å². The smallest absolute Gasteiger partial charge is 0.213 e. The van der Waals surface area contributed by atoms with E-state index < -0.39 is 0 Å². The summed E-state index contributed by atoms with van der Waals surface area (Å²) in [5, 5.41) is 3.21. The molecule has 4 nitrogen and oxygen atoms in total. The second kappa shape index (κ2) is 4.26.